The number of halogens is 1. The van der Waals surface area contributed by atoms with Crippen LogP contribution in [0.25, 0.3) is 10.2 Å². The van der Waals surface area contributed by atoms with Gasteiger partial charge in [-0.2, -0.15) is 0 Å². The van der Waals surface area contributed by atoms with Crippen LogP contribution in [0.4, 0.5) is 4.39 Å². The molecular weight excluding hydrogens is 351 g/mol. The molecule has 2 aromatic carbocycles. The Labute approximate surface area is 155 Å². The third-order valence-electron chi connectivity index (χ3n) is 4.63. The summed E-state index contributed by atoms with van der Waals surface area (Å²) in [7, 11) is 0. The molecule has 1 aromatic heterocycles. The van der Waals surface area contributed by atoms with Gasteiger partial charge in [-0.15, -0.1) is 0 Å². The first-order chi connectivity index (χ1) is 12.6. The molecule has 6 heteroatoms. The Morgan fingerprint density at radius 1 is 1.19 bits per heavy atom. The van der Waals surface area contributed by atoms with Crippen LogP contribution in [-0.4, -0.2) is 35.0 Å². The molecule has 1 aliphatic heterocycles. The topological polar surface area (TPSA) is 42.4 Å². The number of thiazole rings is 1. The quantitative estimate of drug-likeness (QED) is 0.685. The van der Waals surface area contributed by atoms with Crippen molar-refractivity contribution in [1.82, 2.24) is 9.88 Å². The van der Waals surface area contributed by atoms with Gasteiger partial charge in [0.25, 0.3) is 11.1 Å². The molecule has 0 aliphatic carbocycles. The molecule has 4 nitrogen and oxygen atoms in total. The van der Waals surface area contributed by atoms with E-state index in [1.807, 2.05) is 36.1 Å². The standard InChI is InChI=1S/C20H19FN2O2S/c1-13-2-4-14(5-3-13)19(24)23-10-8-16(9-11-23)25-20-22-17-7-6-15(21)12-18(17)26-20/h2-7,12,16H,8-11H2,1H3. The lowest BCUT2D eigenvalue weighted by molar-refractivity contribution is 0.0595. The molecule has 1 aliphatic rings. The Kier molecular flexibility index (Phi) is 4.59. The van der Waals surface area contributed by atoms with Crippen LogP contribution in [0.3, 0.4) is 0 Å². The zero-order chi connectivity index (χ0) is 18.1. The van der Waals surface area contributed by atoms with Gasteiger partial charge in [-0.3, -0.25) is 4.79 Å². The number of hydrogen-bond donors (Lipinski definition) is 0. The number of piperidine rings is 1. The van der Waals surface area contributed by atoms with Crippen molar-refractivity contribution in [2.75, 3.05) is 13.1 Å². The predicted octanol–water partition coefficient (Wildman–Crippen LogP) is 4.43. The first-order valence-corrected chi connectivity index (χ1v) is 9.49. The molecule has 0 bridgehead atoms. The normalized spacial score (nSPS) is 15.4. The van der Waals surface area contributed by atoms with Gasteiger partial charge >= 0.3 is 0 Å². The van der Waals surface area contributed by atoms with Crippen LogP contribution in [0.2, 0.25) is 0 Å². The van der Waals surface area contributed by atoms with Gasteiger partial charge in [0, 0.05) is 31.5 Å². The Bertz CT molecular complexity index is 931. The number of fused-ring (bicyclic) bond motifs is 1. The van der Waals surface area contributed by atoms with E-state index in [0.717, 1.165) is 34.2 Å². The molecule has 26 heavy (non-hydrogen) atoms. The maximum absolute atomic E-state index is 13.3. The molecule has 3 aromatic rings. The van der Waals surface area contributed by atoms with Gasteiger partial charge in [-0.05, 0) is 37.3 Å². The summed E-state index contributed by atoms with van der Waals surface area (Å²) in [5.74, 6) is -0.200. The third kappa shape index (κ3) is 3.55. The molecule has 0 N–H and O–H groups in total. The summed E-state index contributed by atoms with van der Waals surface area (Å²) in [5, 5.41) is 0.564. The number of hydrogen-bond acceptors (Lipinski definition) is 4. The largest absolute Gasteiger partial charge is 0.467 e. The molecule has 0 radical (unpaired) electrons. The van der Waals surface area contributed by atoms with Gasteiger partial charge in [0.2, 0.25) is 0 Å². The summed E-state index contributed by atoms with van der Waals surface area (Å²) in [4.78, 5) is 18.8. The zero-order valence-electron chi connectivity index (χ0n) is 14.4. The number of nitrogens with zero attached hydrogens (tertiary/aromatic N) is 2. The second-order valence-corrected chi connectivity index (χ2v) is 7.56. The van der Waals surface area contributed by atoms with Crippen molar-refractivity contribution in [2.45, 2.75) is 25.9 Å². The second-order valence-electron chi connectivity index (χ2n) is 6.57. The van der Waals surface area contributed by atoms with Gasteiger partial charge in [-0.25, -0.2) is 9.37 Å². The van der Waals surface area contributed by atoms with Crippen molar-refractivity contribution in [3.63, 3.8) is 0 Å². The van der Waals surface area contributed by atoms with Gasteiger partial charge < -0.3 is 9.64 Å². The molecule has 0 atom stereocenters. The van der Waals surface area contributed by atoms with E-state index in [2.05, 4.69) is 4.98 Å². The number of carbonyl (C=O) groups is 1. The van der Waals surface area contributed by atoms with Crippen LogP contribution in [0.1, 0.15) is 28.8 Å². The van der Waals surface area contributed by atoms with Gasteiger partial charge in [-0.1, -0.05) is 29.0 Å². The number of aryl methyl sites for hydroxylation is 1. The van der Waals surface area contributed by atoms with Crippen molar-refractivity contribution in [2.24, 2.45) is 0 Å². The van der Waals surface area contributed by atoms with Crippen LogP contribution in [-0.2, 0) is 0 Å². The second kappa shape index (κ2) is 7.03. The highest BCUT2D eigenvalue weighted by Gasteiger charge is 2.25. The lowest BCUT2D eigenvalue weighted by Gasteiger charge is -2.31. The van der Waals surface area contributed by atoms with Gasteiger partial charge in [0.1, 0.15) is 11.9 Å². The van der Waals surface area contributed by atoms with Crippen LogP contribution in [0.15, 0.2) is 42.5 Å². The molecular formula is C20H19FN2O2S. The highest BCUT2D eigenvalue weighted by atomic mass is 32.1. The fourth-order valence-corrected chi connectivity index (χ4v) is 4.03. The first kappa shape index (κ1) is 17.0. The monoisotopic (exact) mass is 370 g/mol. The number of rotatable bonds is 3. The minimum atomic E-state index is -0.268. The van der Waals surface area contributed by atoms with Crippen LogP contribution >= 0.6 is 11.3 Å². The van der Waals surface area contributed by atoms with E-state index in [-0.39, 0.29) is 17.8 Å². The predicted molar refractivity (Wildman–Crippen MR) is 100 cm³/mol. The van der Waals surface area contributed by atoms with E-state index >= 15 is 0 Å². The van der Waals surface area contributed by atoms with E-state index in [1.54, 1.807) is 6.07 Å². The van der Waals surface area contributed by atoms with Gasteiger partial charge in [0.05, 0.1) is 10.2 Å². The lowest BCUT2D eigenvalue weighted by atomic mass is 10.1. The summed E-state index contributed by atoms with van der Waals surface area (Å²) in [6.07, 6.45) is 1.56. The summed E-state index contributed by atoms with van der Waals surface area (Å²) in [6.45, 7) is 3.33. The average molecular weight is 370 g/mol. The molecule has 0 unspecified atom stereocenters. The lowest BCUT2D eigenvalue weighted by Crippen LogP contribution is -2.41. The van der Waals surface area contributed by atoms with Crippen LogP contribution in [0.5, 0.6) is 5.19 Å². The molecule has 1 saturated heterocycles. The minimum absolute atomic E-state index is 0.0301. The van der Waals surface area contributed by atoms with Crippen molar-refractivity contribution >= 4 is 27.5 Å². The molecule has 0 saturated carbocycles. The van der Waals surface area contributed by atoms with Gasteiger partial charge in [0.15, 0.2) is 0 Å². The molecule has 4 rings (SSSR count). The number of likely N-dealkylation sites (tertiary alicyclic amines) is 1. The Balaban J connectivity index is 1.37. The number of benzene rings is 2. The average Bonchev–Trinajstić information content (AvgIpc) is 3.03. The molecule has 2 heterocycles. The molecule has 0 spiro atoms. The SMILES string of the molecule is Cc1ccc(C(=O)N2CCC(Oc3nc4ccc(F)cc4s3)CC2)cc1. The first-order valence-electron chi connectivity index (χ1n) is 8.67. The highest BCUT2D eigenvalue weighted by molar-refractivity contribution is 7.20. The molecule has 1 amide bonds. The Morgan fingerprint density at radius 2 is 1.92 bits per heavy atom. The van der Waals surface area contributed by atoms with E-state index < -0.39 is 0 Å². The number of aromatic nitrogens is 1. The summed E-state index contributed by atoms with van der Waals surface area (Å²) < 4.78 is 20.0. The van der Waals surface area contributed by atoms with Crippen LogP contribution < -0.4 is 4.74 Å². The van der Waals surface area contributed by atoms with E-state index in [9.17, 15) is 9.18 Å². The van der Waals surface area contributed by atoms with E-state index in [4.69, 9.17) is 4.74 Å². The maximum Gasteiger partial charge on any atom is 0.274 e. The van der Waals surface area contributed by atoms with Crippen molar-refractivity contribution in [3.05, 3.63) is 59.4 Å². The fourth-order valence-electron chi connectivity index (χ4n) is 3.13. The third-order valence-corrected chi connectivity index (χ3v) is 5.54. The number of carbonyl (C=O) groups excluding carboxylic acids is 1. The van der Waals surface area contributed by atoms with Crippen molar-refractivity contribution in [1.29, 1.82) is 0 Å². The van der Waals surface area contributed by atoms with E-state index in [1.165, 1.54) is 23.5 Å². The smallest absolute Gasteiger partial charge is 0.274 e. The minimum Gasteiger partial charge on any atom is -0.467 e. The molecule has 134 valence electrons. The summed E-state index contributed by atoms with van der Waals surface area (Å²) in [6, 6.07) is 12.2. The number of ether oxygens (including phenoxy) is 1. The zero-order valence-corrected chi connectivity index (χ0v) is 15.3. The molecule has 1 fully saturated rings. The van der Waals surface area contributed by atoms with E-state index in [0.29, 0.717) is 18.3 Å². The highest BCUT2D eigenvalue weighted by Crippen LogP contribution is 2.30. The van der Waals surface area contributed by atoms with Crippen LogP contribution in [0, 0.1) is 12.7 Å². The summed E-state index contributed by atoms with van der Waals surface area (Å²) >= 11 is 1.36. The maximum atomic E-state index is 13.3. The number of amides is 1. The Morgan fingerprint density at radius 3 is 2.65 bits per heavy atom. The fraction of sp³-hybridized carbons (Fsp3) is 0.300. The van der Waals surface area contributed by atoms with Crippen molar-refractivity contribution < 1.29 is 13.9 Å². The summed E-state index contributed by atoms with van der Waals surface area (Å²) in [5.41, 5.74) is 2.62. The Hall–Kier alpha value is -2.47. The van der Waals surface area contributed by atoms with Crippen molar-refractivity contribution in [3.8, 4) is 5.19 Å².